The van der Waals surface area contributed by atoms with Crippen molar-refractivity contribution in [3.05, 3.63) is 22.3 Å². The fraction of sp³-hybridized carbons (Fsp3) is 0.542. The third kappa shape index (κ3) is 8.52. The average Bonchev–Trinajstić information content (AvgIpc) is 2.86. The predicted octanol–water partition coefficient (Wildman–Crippen LogP) is 0.280. The molecular formula is C24H35N3O10S. The van der Waals surface area contributed by atoms with E-state index < -0.39 is 54.0 Å². The molecule has 1 aliphatic heterocycles. The number of nitrogens with one attached hydrogen (secondary N) is 2. The lowest BCUT2D eigenvalue weighted by Gasteiger charge is -2.34. The molecule has 0 radical (unpaired) electrons. The molecule has 13 nitrogen and oxygen atoms in total. The number of carboxylic acid groups (broad SMARTS) is 3. The van der Waals surface area contributed by atoms with Gasteiger partial charge in [0.25, 0.3) is 0 Å². The number of thiol groups is 1. The lowest BCUT2D eigenvalue weighted by Crippen LogP contribution is -2.49. The van der Waals surface area contributed by atoms with Crippen LogP contribution in [0.2, 0.25) is 0 Å². The maximum absolute atomic E-state index is 11.5. The average molecular weight is 558 g/mol. The number of ether oxygens (including phenoxy) is 1. The number of carbonyl (C=O) groups excluding carboxylic acids is 2. The zero-order chi connectivity index (χ0) is 29.4. The minimum Gasteiger partial charge on any atom is -0.507 e. The summed E-state index contributed by atoms with van der Waals surface area (Å²) in [6, 6.07) is -2.15. The first-order valence-electron chi connectivity index (χ1n) is 11.7. The highest BCUT2D eigenvalue weighted by atomic mass is 32.1. The third-order valence-electron chi connectivity index (χ3n) is 6.22. The molecule has 0 spiro atoms. The van der Waals surface area contributed by atoms with Crippen LogP contribution in [0.4, 0.5) is 0 Å². The molecule has 212 valence electrons. The normalized spacial score (nSPS) is 17.4. The summed E-state index contributed by atoms with van der Waals surface area (Å²) in [6.07, 6.45) is 0.790. The number of carbonyl (C=O) groups is 5. The molecule has 0 fully saturated rings. The molecule has 2 rings (SSSR count). The molecule has 3 atom stereocenters. The van der Waals surface area contributed by atoms with Gasteiger partial charge < -0.3 is 41.5 Å². The Morgan fingerprint density at radius 2 is 1.68 bits per heavy atom. The summed E-state index contributed by atoms with van der Waals surface area (Å²) in [7, 11) is 0. The van der Waals surface area contributed by atoms with E-state index in [0.717, 1.165) is 22.3 Å². The van der Waals surface area contributed by atoms with Gasteiger partial charge in [-0.25, -0.2) is 4.79 Å². The van der Waals surface area contributed by atoms with Gasteiger partial charge in [-0.05, 0) is 57.2 Å². The van der Waals surface area contributed by atoms with Gasteiger partial charge in [0, 0.05) is 24.2 Å². The highest BCUT2D eigenvalue weighted by Crippen LogP contribution is 2.43. The summed E-state index contributed by atoms with van der Waals surface area (Å²) in [4.78, 5) is 55.0. The van der Waals surface area contributed by atoms with Gasteiger partial charge in [0.2, 0.25) is 17.4 Å². The fourth-order valence-electron chi connectivity index (χ4n) is 3.55. The van der Waals surface area contributed by atoms with E-state index in [9.17, 15) is 34.2 Å². The summed E-state index contributed by atoms with van der Waals surface area (Å²) in [6.45, 7) is 6.53. The van der Waals surface area contributed by atoms with Crippen LogP contribution in [0.1, 0.15) is 48.4 Å². The number of hydrogen-bond acceptors (Lipinski definition) is 9. The van der Waals surface area contributed by atoms with Gasteiger partial charge in [0.15, 0.2) is 0 Å². The van der Waals surface area contributed by atoms with E-state index in [4.69, 9.17) is 20.7 Å². The minimum atomic E-state index is -1.22. The lowest BCUT2D eigenvalue weighted by atomic mass is 9.87. The Balaban J connectivity index is 0.000000381. The first-order chi connectivity index (χ1) is 17.5. The van der Waals surface area contributed by atoms with Gasteiger partial charge in [0.05, 0.1) is 0 Å². The molecule has 2 amide bonds. The summed E-state index contributed by atoms with van der Waals surface area (Å²) in [5, 5.41) is 40.6. The first-order valence-corrected chi connectivity index (χ1v) is 12.3. The number of rotatable bonds is 10. The Morgan fingerprint density at radius 3 is 2.18 bits per heavy atom. The second-order valence-electron chi connectivity index (χ2n) is 9.07. The van der Waals surface area contributed by atoms with Crippen LogP contribution < -0.4 is 21.1 Å². The molecule has 1 unspecified atom stereocenters. The van der Waals surface area contributed by atoms with Crippen molar-refractivity contribution in [3.63, 3.8) is 0 Å². The number of nitrogens with two attached hydrogens (primary N) is 1. The Kier molecular flexibility index (Phi) is 11.9. The third-order valence-corrected chi connectivity index (χ3v) is 6.58. The highest BCUT2D eigenvalue weighted by molar-refractivity contribution is 7.80. The summed E-state index contributed by atoms with van der Waals surface area (Å²) in [5.41, 5.74) is 7.34. The Bertz CT molecular complexity index is 1090. The maximum Gasteiger partial charge on any atom is 0.347 e. The zero-order valence-corrected chi connectivity index (χ0v) is 22.6. The van der Waals surface area contributed by atoms with E-state index in [1.165, 1.54) is 0 Å². The second-order valence-corrected chi connectivity index (χ2v) is 9.43. The number of phenolic OH excluding ortho intramolecular Hbond substituents is 1. The number of hydrogen-bond donors (Lipinski definition) is 8. The van der Waals surface area contributed by atoms with Gasteiger partial charge in [-0.3, -0.25) is 19.2 Å². The Morgan fingerprint density at radius 1 is 1.08 bits per heavy atom. The van der Waals surface area contributed by atoms with Gasteiger partial charge in [-0.1, -0.05) is 0 Å². The molecule has 14 heteroatoms. The minimum absolute atomic E-state index is 0.0256. The lowest BCUT2D eigenvalue weighted by molar-refractivity contribution is -0.155. The largest absolute Gasteiger partial charge is 0.507 e. The molecule has 0 aromatic heterocycles. The maximum atomic E-state index is 11.5. The van der Waals surface area contributed by atoms with E-state index in [2.05, 4.69) is 23.3 Å². The topological polar surface area (TPSA) is 226 Å². The van der Waals surface area contributed by atoms with Crippen LogP contribution >= 0.6 is 12.6 Å². The molecule has 1 aromatic rings. The highest BCUT2D eigenvalue weighted by Gasteiger charge is 2.40. The van der Waals surface area contributed by atoms with Gasteiger partial charge in [-0.15, -0.1) is 0 Å². The Hall–Kier alpha value is -3.52. The van der Waals surface area contributed by atoms with Crippen LogP contribution in [0.25, 0.3) is 0 Å². The van der Waals surface area contributed by atoms with Crippen molar-refractivity contribution in [2.75, 3.05) is 12.3 Å². The number of amides is 2. The number of fused-ring (bicyclic) bond motifs is 1. The number of phenols is 1. The van der Waals surface area contributed by atoms with Crippen molar-refractivity contribution in [1.29, 1.82) is 0 Å². The van der Waals surface area contributed by atoms with Crippen LogP contribution in [-0.4, -0.2) is 80.1 Å². The molecule has 0 bridgehead atoms. The van der Waals surface area contributed by atoms with Crippen molar-refractivity contribution in [1.82, 2.24) is 10.6 Å². The molecule has 1 aliphatic rings. The first kappa shape index (κ1) is 32.5. The van der Waals surface area contributed by atoms with Gasteiger partial charge >= 0.3 is 17.9 Å². The van der Waals surface area contributed by atoms with Crippen LogP contribution in [-0.2, 0) is 30.4 Å². The Labute approximate surface area is 225 Å². The van der Waals surface area contributed by atoms with Crippen LogP contribution in [0.5, 0.6) is 11.5 Å². The van der Waals surface area contributed by atoms with E-state index in [1.54, 1.807) is 6.92 Å². The predicted molar refractivity (Wildman–Crippen MR) is 139 cm³/mol. The SMILES string of the molecule is Cc1c(C)c2c(c(C)c1O)CCC(C)(C(=O)O)O2.N[C@@H](CCC(=O)N[C@@H](CS)C(=O)NCC(=O)O)C(=O)O. The van der Waals surface area contributed by atoms with Gasteiger partial charge in [-0.2, -0.15) is 12.6 Å². The smallest absolute Gasteiger partial charge is 0.347 e. The van der Waals surface area contributed by atoms with E-state index in [-0.39, 0.29) is 24.3 Å². The standard InChI is InChI=1S/C14H18O4.C10H17N3O6S/c1-7-8(2)12-10(9(3)11(7)15)5-6-14(4,18-12)13(16)17;11-5(10(18)19)1-2-7(14)13-6(4-20)9(17)12-3-8(15)16/h15H,5-6H2,1-4H3,(H,16,17);5-6,20H,1-4,11H2,(H,12,17)(H,13,14)(H,15,16)(H,18,19)/t;5-,6-/m.0/s1. The monoisotopic (exact) mass is 557 g/mol. The molecule has 0 saturated carbocycles. The van der Waals surface area contributed by atoms with E-state index in [0.29, 0.717) is 18.6 Å². The van der Waals surface area contributed by atoms with Crippen molar-refractivity contribution < 1.29 is 49.1 Å². The summed E-state index contributed by atoms with van der Waals surface area (Å²) < 4.78 is 5.72. The van der Waals surface area contributed by atoms with Crippen LogP contribution in [0.3, 0.4) is 0 Å². The second kappa shape index (κ2) is 13.9. The molecule has 0 aliphatic carbocycles. The van der Waals surface area contributed by atoms with Crippen molar-refractivity contribution in [3.8, 4) is 11.5 Å². The number of aliphatic carboxylic acids is 3. The molecule has 38 heavy (non-hydrogen) atoms. The van der Waals surface area contributed by atoms with Gasteiger partial charge in [0.1, 0.15) is 30.1 Å². The van der Waals surface area contributed by atoms with Crippen molar-refractivity contribution in [2.24, 2.45) is 5.73 Å². The summed E-state index contributed by atoms with van der Waals surface area (Å²) in [5.74, 6) is -3.74. The molecule has 1 aromatic carbocycles. The number of carboxylic acids is 3. The zero-order valence-electron chi connectivity index (χ0n) is 21.7. The van der Waals surface area contributed by atoms with Crippen LogP contribution in [0.15, 0.2) is 0 Å². The number of benzene rings is 1. The summed E-state index contributed by atoms with van der Waals surface area (Å²) >= 11 is 3.87. The van der Waals surface area contributed by atoms with E-state index >= 15 is 0 Å². The van der Waals surface area contributed by atoms with E-state index in [1.807, 2.05) is 20.8 Å². The fourth-order valence-corrected chi connectivity index (χ4v) is 3.81. The molecular weight excluding hydrogens is 522 g/mol. The molecule has 8 N–H and O–H groups in total. The van der Waals surface area contributed by atoms with Crippen molar-refractivity contribution in [2.45, 2.75) is 71.1 Å². The number of aromatic hydroxyl groups is 1. The molecule has 0 saturated heterocycles. The van der Waals surface area contributed by atoms with Crippen LogP contribution in [0, 0.1) is 20.8 Å². The molecule has 1 heterocycles. The quantitative estimate of drug-likeness (QED) is 0.182. The van der Waals surface area contributed by atoms with Crippen molar-refractivity contribution >= 4 is 42.4 Å².